The Hall–Kier alpha value is -7.83. The number of benzene rings is 2. The van der Waals surface area contributed by atoms with Crippen LogP contribution in [0.3, 0.4) is 0 Å². The molecule has 0 saturated carbocycles. The number of nitrogens with zero attached hydrogens (tertiary/aromatic N) is 3. The molecule has 0 radical (unpaired) electrons. The van der Waals surface area contributed by atoms with Crippen LogP contribution in [0.15, 0.2) is 54.7 Å². The summed E-state index contributed by atoms with van der Waals surface area (Å²) in [6.07, 6.45) is 4.48. The largest absolute Gasteiger partial charge is 0.460 e. The molecule has 0 fully saturated rings. The number of halogens is 1. The molecule has 4 atom stereocenters. The number of hydrogen-bond acceptors (Lipinski definition) is 23. The van der Waals surface area contributed by atoms with Crippen LogP contribution in [0.2, 0.25) is 0 Å². The third kappa shape index (κ3) is 48.7. The minimum Gasteiger partial charge on any atom is -0.460 e. The van der Waals surface area contributed by atoms with Crippen LogP contribution in [0.25, 0.3) is 11.3 Å². The normalized spacial score (nSPS) is 12.9. The van der Waals surface area contributed by atoms with E-state index in [2.05, 4.69) is 75.4 Å². The average Bonchev–Trinajstić information content (AvgIpc) is 1.79. The zero-order valence-corrected chi connectivity index (χ0v) is 69.5. The summed E-state index contributed by atoms with van der Waals surface area (Å²) in [7, 11) is 0. The number of hydrogen-bond donors (Lipinski definition) is 8. The van der Waals surface area contributed by atoms with Gasteiger partial charge in [-0.1, -0.05) is 29.5 Å². The zero-order chi connectivity index (χ0) is 81.8. The van der Waals surface area contributed by atoms with Gasteiger partial charge in [-0.15, -0.1) is 5.10 Å². The van der Waals surface area contributed by atoms with Gasteiger partial charge in [0.15, 0.2) is 0 Å². The van der Waals surface area contributed by atoms with Gasteiger partial charge < -0.3 is 94.6 Å². The van der Waals surface area contributed by atoms with E-state index in [1.165, 1.54) is 0 Å². The number of rotatable bonds is 51. The second kappa shape index (κ2) is 50.9. The minimum absolute atomic E-state index is 0.0473. The van der Waals surface area contributed by atoms with E-state index in [-0.39, 0.29) is 83.8 Å². The molecule has 1 aromatic heterocycles. The van der Waals surface area contributed by atoms with E-state index in [4.69, 9.17) is 52.1 Å². The number of esters is 4. The quantitative estimate of drug-likeness (QED) is 0.0113. The van der Waals surface area contributed by atoms with Crippen molar-refractivity contribution in [3.63, 3.8) is 0 Å². The molecule has 620 valence electrons. The maximum atomic E-state index is 13.9. The Bertz CT molecular complexity index is 3270. The van der Waals surface area contributed by atoms with Crippen molar-refractivity contribution in [3.05, 3.63) is 63.9 Å². The van der Waals surface area contributed by atoms with Crippen LogP contribution >= 0.6 is 22.6 Å². The van der Waals surface area contributed by atoms with Gasteiger partial charge >= 0.3 is 42.0 Å². The van der Waals surface area contributed by atoms with Crippen molar-refractivity contribution in [2.24, 2.45) is 0 Å². The predicted molar refractivity (Wildman–Crippen MR) is 419 cm³/mol. The van der Waals surface area contributed by atoms with Gasteiger partial charge in [0.05, 0.1) is 98.4 Å². The van der Waals surface area contributed by atoms with Crippen molar-refractivity contribution in [2.75, 3.05) is 104 Å². The standard InChI is InChI=1S/C77H124IN11O21/c1-73(2,3)106-65(92)33-32-61(69(96)109-76(10,11)12)86-71(98)85-60(68(95)108-75(7,8)9)27-18-20-36-80-70(97)82-57-24-22-23-55(52-57)62-53-89(88-87-62)38-40-101-42-44-103-46-48-105-50-49-104-47-45-102-43-41-100-39-34-63(90)83-58(25-16-21-37-81-72(99)110-77(13,14)15)66(93)84-59(67(94)107-74(4,5)6)26-17-19-35-79-64(91)51-54-28-30-56(78)31-29-54/h22-24,28-31,52-53,58-61H,16-21,25-27,32-51H2,1-15H3,(H,79,91)(H,81,99)(H,83,90)(H,84,93)(H2,80,82,97)(H2,85,86,98)/t58-,59-,60-,61-/m0/s1. The minimum atomic E-state index is -1.23. The maximum Gasteiger partial charge on any atom is 0.407 e. The lowest BCUT2D eigenvalue weighted by Crippen LogP contribution is -2.53. The van der Waals surface area contributed by atoms with E-state index >= 15 is 0 Å². The predicted octanol–water partition coefficient (Wildman–Crippen LogP) is 8.71. The van der Waals surface area contributed by atoms with Crippen molar-refractivity contribution in [1.82, 2.24) is 52.2 Å². The van der Waals surface area contributed by atoms with Gasteiger partial charge in [0, 0.05) is 47.3 Å². The average molecular weight is 1670 g/mol. The number of alkyl carbamates (subject to hydrolysis) is 1. The van der Waals surface area contributed by atoms with Gasteiger partial charge in [0.25, 0.3) is 0 Å². The van der Waals surface area contributed by atoms with Crippen molar-refractivity contribution in [1.29, 1.82) is 0 Å². The fraction of sp³-hybridized carbons (Fsp3) is 0.688. The van der Waals surface area contributed by atoms with Crippen molar-refractivity contribution >= 4 is 88.0 Å². The highest BCUT2D eigenvalue weighted by Crippen LogP contribution is 2.22. The molecule has 33 heteroatoms. The molecule has 3 rings (SSSR count). The van der Waals surface area contributed by atoms with Crippen LogP contribution in [-0.2, 0) is 98.6 Å². The Morgan fingerprint density at radius 2 is 0.882 bits per heavy atom. The lowest BCUT2D eigenvalue weighted by molar-refractivity contribution is -0.160. The van der Waals surface area contributed by atoms with Crippen LogP contribution in [0.5, 0.6) is 0 Å². The number of ether oxygens (including phenoxy) is 11. The number of aromatic nitrogens is 3. The molecule has 0 unspecified atom stereocenters. The van der Waals surface area contributed by atoms with E-state index in [1.54, 1.807) is 133 Å². The Balaban J connectivity index is 1.29. The van der Waals surface area contributed by atoms with E-state index in [0.29, 0.717) is 122 Å². The van der Waals surface area contributed by atoms with Crippen molar-refractivity contribution in [3.8, 4) is 11.3 Å². The van der Waals surface area contributed by atoms with Crippen LogP contribution in [0.1, 0.15) is 186 Å². The van der Waals surface area contributed by atoms with Gasteiger partial charge in [-0.2, -0.15) is 0 Å². The van der Waals surface area contributed by atoms with Crippen molar-refractivity contribution < 1.29 is 100 Å². The number of urea groups is 2. The Labute approximate surface area is 662 Å². The fourth-order valence-electron chi connectivity index (χ4n) is 9.89. The van der Waals surface area contributed by atoms with Gasteiger partial charge in [-0.25, -0.2) is 33.4 Å². The number of carbonyl (C=O) groups excluding carboxylic acids is 10. The van der Waals surface area contributed by atoms with Gasteiger partial charge in [0.1, 0.15) is 57.9 Å². The highest BCUT2D eigenvalue weighted by molar-refractivity contribution is 14.1. The summed E-state index contributed by atoms with van der Waals surface area (Å²) in [5.74, 6) is -3.74. The SMILES string of the molecule is CC(C)(C)OC(=O)CC[C@H](NC(=O)N[C@@H](CCCCNC(=O)Nc1cccc(-c2cn(CCOCCOCCOCCOCCOCCOCCC(=O)N[C@@H](CCCCNC(=O)OC(C)(C)C)C(=O)N[C@@H](CCCCNC(=O)Cc3ccc(I)cc3)C(=O)OC(C)(C)C)nn2)c1)C(=O)OC(C)(C)C)C(=O)OC(C)(C)C. The Morgan fingerprint density at radius 3 is 1.38 bits per heavy atom. The molecule has 0 saturated heterocycles. The van der Waals surface area contributed by atoms with Crippen LogP contribution < -0.4 is 42.5 Å². The zero-order valence-electron chi connectivity index (χ0n) is 67.3. The van der Waals surface area contributed by atoms with Gasteiger partial charge in [-0.3, -0.25) is 19.2 Å². The number of unbranched alkanes of at least 4 members (excludes halogenated alkanes) is 3. The summed E-state index contributed by atoms with van der Waals surface area (Å²) < 4.78 is 64.0. The number of anilines is 1. The molecule has 0 aliphatic rings. The summed E-state index contributed by atoms with van der Waals surface area (Å²) in [4.78, 5) is 131. The molecule has 0 spiro atoms. The molecule has 0 aliphatic heterocycles. The van der Waals surface area contributed by atoms with Gasteiger partial charge in [0.2, 0.25) is 17.7 Å². The van der Waals surface area contributed by atoms with Gasteiger partial charge in [-0.05, 0) is 220 Å². The summed E-state index contributed by atoms with van der Waals surface area (Å²) in [5, 5.41) is 30.5. The number of carbonyl (C=O) groups is 10. The molecule has 0 aliphatic carbocycles. The topological polar surface area (TPSA) is 399 Å². The first kappa shape index (κ1) is 96.4. The second-order valence-corrected chi connectivity index (χ2v) is 32.2. The molecule has 110 heavy (non-hydrogen) atoms. The molecule has 2 aromatic carbocycles. The third-order valence-electron chi connectivity index (χ3n) is 14.8. The molecule has 3 aromatic rings. The first-order valence-electron chi connectivity index (χ1n) is 37.8. The lowest BCUT2D eigenvalue weighted by Gasteiger charge is -2.27. The molecule has 1 heterocycles. The monoisotopic (exact) mass is 1670 g/mol. The van der Waals surface area contributed by atoms with E-state index in [0.717, 1.165) is 14.7 Å². The summed E-state index contributed by atoms with van der Waals surface area (Å²) in [6.45, 7) is 30.8. The van der Waals surface area contributed by atoms with E-state index in [9.17, 15) is 47.9 Å². The summed E-state index contributed by atoms with van der Waals surface area (Å²) >= 11 is 2.21. The van der Waals surface area contributed by atoms with E-state index in [1.807, 2.05) is 30.3 Å². The highest BCUT2D eigenvalue weighted by Gasteiger charge is 2.33. The lowest BCUT2D eigenvalue weighted by atomic mass is 10.1. The molecule has 8 N–H and O–H groups in total. The first-order chi connectivity index (χ1) is 51.7. The maximum absolute atomic E-state index is 13.9. The number of amides is 8. The molecule has 32 nitrogen and oxygen atoms in total. The van der Waals surface area contributed by atoms with E-state index < -0.39 is 106 Å². The third-order valence-corrected chi connectivity index (χ3v) is 15.5. The van der Waals surface area contributed by atoms with Crippen LogP contribution in [-0.4, -0.2) is 226 Å². The molecular formula is C77H124IN11O21. The fourth-order valence-corrected chi connectivity index (χ4v) is 10.2. The summed E-state index contributed by atoms with van der Waals surface area (Å²) in [5.41, 5.74) is -1.28. The molecular weight excluding hydrogens is 1540 g/mol. The highest BCUT2D eigenvalue weighted by atomic mass is 127. The smallest absolute Gasteiger partial charge is 0.407 e. The number of nitrogens with one attached hydrogen (secondary N) is 8. The summed E-state index contributed by atoms with van der Waals surface area (Å²) in [6, 6.07) is 9.15. The molecule has 0 bridgehead atoms. The van der Waals surface area contributed by atoms with Crippen molar-refractivity contribution in [2.45, 2.75) is 246 Å². The molecule has 8 amide bonds. The first-order valence-corrected chi connectivity index (χ1v) is 38.9. The second-order valence-electron chi connectivity index (χ2n) is 31.0. The van der Waals surface area contributed by atoms with Crippen LogP contribution in [0, 0.1) is 3.57 Å². The van der Waals surface area contributed by atoms with Crippen LogP contribution in [0.4, 0.5) is 20.1 Å². The Morgan fingerprint density at radius 1 is 0.436 bits per heavy atom. The Kier molecular flexibility index (Phi) is 44.6.